The molecule has 6 aromatic carbocycles. The van der Waals surface area contributed by atoms with Gasteiger partial charge >= 0.3 is 0 Å². The van der Waals surface area contributed by atoms with E-state index in [2.05, 4.69) is 143 Å². The molecule has 0 saturated carbocycles. The number of hydrogen-bond donors (Lipinski definition) is 0. The Morgan fingerprint density at radius 3 is 1.90 bits per heavy atom. The Hall–Kier alpha value is -4.86. The molecule has 0 radical (unpaired) electrons. The van der Waals surface area contributed by atoms with Crippen molar-refractivity contribution >= 4 is 75.1 Å². The standard InChI is InChI=1S/C36H22N2S/c1-2-10-23(11-3-1)38-30-15-7-4-12-25(30)27-19-20-32-35(36(27)38)28-14-5-8-16-31(28)37(32)24-18-21-34-29(22-24)26-13-6-9-17-33(26)39-34/h1-22H. The molecular formula is C36H22N2S. The van der Waals surface area contributed by atoms with E-state index >= 15 is 0 Å². The summed E-state index contributed by atoms with van der Waals surface area (Å²) in [5, 5.41) is 7.77. The molecule has 0 spiro atoms. The molecule has 9 rings (SSSR count). The van der Waals surface area contributed by atoms with E-state index in [4.69, 9.17) is 0 Å². The molecule has 0 atom stereocenters. The molecule has 39 heavy (non-hydrogen) atoms. The number of thiophene rings is 1. The van der Waals surface area contributed by atoms with E-state index < -0.39 is 0 Å². The van der Waals surface area contributed by atoms with Crippen LogP contribution < -0.4 is 0 Å². The highest BCUT2D eigenvalue weighted by atomic mass is 32.1. The molecule has 0 amide bonds. The van der Waals surface area contributed by atoms with Gasteiger partial charge in [-0.2, -0.15) is 0 Å². The van der Waals surface area contributed by atoms with Crippen molar-refractivity contribution in [1.29, 1.82) is 0 Å². The zero-order valence-corrected chi connectivity index (χ0v) is 21.8. The Balaban J connectivity index is 1.47. The lowest BCUT2D eigenvalue weighted by Crippen LogP contribution is -1.95. The van der Waals surface area contributed by atoms with Gasteiger partial charge in [0.2, 0.25) is 0 Å². The number of para-hydroxylation sites is 3. The summed E-state index contributed by atoms with van der Waals surface area (Å²) in [6, 6.07) is 48.7. The predicted molar refractivity (Wildman–Crippen MR) is 168 cm³/mol. The van der Waals surface area contributed by atoms with Crippen LogP contribution in [-0.2, 0) is 0 Å². The Morgan fingerprint density at radius 2 is 1.05 bits per heavy atom. The van der Waals surface area contributed by atoms with Gasteiger partial charge < -0.3 is 9.13 Å². The van der Waals surface area contributed by atoms with Crippen LogP contribution in [0.5, 0.6) is 0 Å². The largest absolute Gasteiger partial charge is 0.309 e. The number of rotatable bonds is 2. The molecule has 3 heterocycles. The normalized spacial score (nSPS) is 12.1. The molecule has 0 bridgehead atoms. The first-order chi connectivity index (χ1) is 19.4. The Bertz CT molecular complexity index is 2390. The smallest absolute Gasteiger partial charge is 0.0641 e. The number of benzene rings is 6. The van der Waals surface area contributed by atoms with Crippen LogP contribution in [0.1, 0.15) is 0 Å². The van der Waals surface area contributed by atoms with Crippen molar-refractivity contribution < 1.29 is 0 Å². The quantitative estimate of drug-likeness (QED) is 0.217. The van der Waals surface area contributed by atoms with Crippen molar-refractivity contribution in [1.82, 2.24) is 9.13 Å². The third-order valence-corrected chi connectivity index (χ3v) is 9.25. The molecule has 0 saturated heterocycles. The van der Waals surface area contributed by atoms with Gasteiger partial charge in [0.05, 0.1) is 22.1 Å². The molecular weight excluding hydrogens is 492 g/mol. The first-order valence-electron chi connectivity index (χ1n) is 13.3. The third kappa shape index (κ3) is 2.85. The maximum atomic E-state index is 2.45. The second-order valence-corrected chi connectivity index (χ2v) is 11.3. The average Bonchev–Trinajstić information content (AvgIpc) is 3.65. The zero-order chi connectivity index (χ0) is 25.5. The summed E-state index contributed by atoms with van der Waals surface area (Å²) in [6.07, 6.45) is 0. The fourth-order valence-corrected chi connectivity index (χ4v) is 7.57. The molecule has 0 aliphatic heterocycles. The first kappa shape index (κ1) is 21.1. The Labute approximate surface area is 228 Å². The van der Waals surface area contributed by atoms with E-state index in [0.717, 1.165) is 0 Å². The van der Waals surface area contributed by atoms with Crippen molar-refractivity contribution in [3.63, 3.8) is 0 Å². The van der Waals surface area contributed by atoms with Crippen LogP contribution in [0.25, 0.3) is 75.2 Å². The highest BCUT2D eigenvalue weighted by Crippen LogP contribution is 2.43. The van der Waals surface area contributed by atoms with Gasteiger partial charge in [0.1, 0.15) is 0 Å². The van der Waals surface area contributed by atoms with E-state index in [0.29, 0.717) is 0 Å². The lowest BCUT2D eigenvalue weighted by atomic mass is 10.1. The van der Waals surface area contributed by atoms with Crippen LogP contribution in [-0.4, -0.2) is 9.13 Å². The highest BCUT2D eigenvalue weighted by molar-refractivity contribution is 7.25. The second-order valence-electron chi connectivity index (χ2n) is 10.2. The SMILES string of the molecule is c1ccc(-n2c3ccccc3c3ccc4c(c5ccccc5n4-c4ccc5sc6ccccc6c5c4)c32)cc1. The van der Waals surface area contributed by atoms with Gasteiger partial charge in [0.15, 0.2) is 0 Å². The fraction of sp³-hybridized carbons (Fsp3) is 0. The minimum Gasteiger partial charge on any atom is -0.309 e. The summed E-state index contributed by atoms with van der Waals surface area (Å²) in [6.45, 7) is 0. The predicted octanol–water partition coefficient (Wildman–Crippen LogP) is 10.2. The summed E-state index contributed by atoms with van der Waals surface area (Å²) < 4.78 is 7.55. The minimum absolute atomic E-state index is 1.18. The maximum Gasteiger partial charge on any atom is 0.0641 e. The summed E-state index contributed by atoms with van der Waals surface area (Å²) in [5.74, 6) is 0. The lowest BCUT2D eigenvalue weighted by Gasteiger charge is -2.10. The molecule has 3 heteroatoms. The number of fused-ring (bicyclic) bond motifs is 10. The average molecular weight is 515 g/mol. The van der Waals surface area contributed by atoms with E-state index in [9.17, 15) is 0 Å². The molecule has 2 nitrogen and oxygen atoms in total. The molecule has 0 unspecified atom stereocenters. The van der Waals surface area contributed by atoms with Gasteiger partial charge in [-0.25, -0.2) is 0 Å². The van der Waals surface area contributed by atoms with Crippen LogP contribution in [0.4, 0.5) is 0 Å². The fourth-order valence-electron chi connectivity index (χ4n) is 6.49. The van der Waals surface area contributed by atoms with Crippen LogP contribution in [0.3, 0.4) is 0 Å². The molecule has 0 aliphatic carbocycles. The number of nitrogens with zero attached hydrogens (tertiary/aromatic N) is 2. The van der Waals surface area contributed by atoms with Crippen LogP contribution in [0.15, 0.2) is 133 Å². The molecule has 3 aromatic heterocycles. The number of hydrogen-bond acceptors (Lipinski definition) is 1. The van der Waals surface area contributed by atoms with Crippen molar-refractivity contribution in [2.24, 2.45) is 0 Å². The van der Waals surface area contributed by atoms with E-state index in [1.54, 1.807) is 0 Å². The monoisotopic (exact) mass is 514 g/mol. The van der Waals surface area contributed by atoms with Crippen LogP contribution in [0.2, 0.25) is 0 Å². The van der Waals surface area contributed by atoms with Gasteiger partial charge in [-0.15, -0.1) is 11.3 Å². The summed E-state index contributed by atoms with van der Waals surface area (Å²) in [7, 11) is 0. The van der Waals surface area contributed by atoms with Crippen molar-refractivity contribution in [2.75, 3.05) is 0 Å². The zero-order valence-electron chi connectivity index (χ0n) is 21.0. The van der Waals surface area contributed by atoms with E-state index in [-0.39, 0.29) is 0 Å². The summed E-state index contributed by atoms with van der Waals surface area (Å²) in [4.78, 5) is 0. The molecule has 0 aliphatic rings. The molecule has 0 N–H and O–H groups in total. The minimum atomic E-state index is 1.18. The van der Waals surface area contributed by atoms with Crippen LogP contribution in [0, 0.1) is 0 Å². The maximum absolute atomic E-state index is 2.45. The highest BCUT2D eigenvalue weighted by Gasteiger charge is 2.20. The van der Waals surface area contributed by atoms with Gasteiger partial charge in [-0.05, 0) is 54.6 Å². The third-order valence-electron chi connectivity index (χ3n) is 8.10. The van der Waals surface area contributed by atoms with E-state index in [1.165, 1.54) is 75.2 Å². The summed E-state index contributed by atoms with van der Waals surface area (Å²) >= 11 is 1.87. The van der Waals surface area contributed by atoms with Crippen LogP contribution >= 0.6 is 11.3 Å². The van der Waals surface area contributed by atoms with Gasteiger partial charge in [-0.1, -0.05) is 78.9 Å². The summed E-state index contributed by atoms with van der Waals surface area (Å²) in [5.41, 5.74) is 7.32. The molecule has 0 fully saturated rings. The number of aromatic nitrogens is 2. The van der Waals surface area contributed by atoms with Crippen molar-refractivity contribution in [2.45, 2.75) is 0 Å². The van der Waals surface area contributed by atoms with Gasteiger partial charge in [-0.3, -0.25) is 0 Å². The molecule has 182 valence electrons. The van der Waals surface area contributed by atoms with Crippen molar-refractivity contribution in [3.05, 3.63) is 133 Å². The second kappa shape index (κ2) is 7.83. The molecule has 9 aromatic rings. The lowest BCUT2D eigenvalue weighted by molar-refractivity contribution is 1.18. The van der Waals surface area contributed by atoms with Crippen molar-refractivity contribution in [3.8, 4) is 11.4 Å². The van der Waals surface area contributed by atoms with Gasteiger partial charge in [0, 0.05) is 53.1 Å². The Morgan fingerprint density at radius 1 is 0.385 bits per heavy atom. The Kier molecular flexibility index (Phi) is 4.24. The van der Waals surface area contributed by atoms with Gasteiger partial charge in [0.25, 0.3) is 0 Å². The topological polar surface area (TPSA) is 9.86 Å². The first-order valence-corrected chi connectivity index (χ1v) is 14.1. The van der Waals surface area contributed by atoms with E-state index in [1.807, 2.05) is 11.3 Å².